The van der Waals surface area contributed by atoms with Gasteiger partial charge in [0.15, 0.2) is 17.5 Å². The molecule has 1 N–H and O–H groups in total. The van der Waals surface area contributed by atoms with Gasteiger partial charge in [-0.2, -0.15) is 0 Å². The zero-order valence-corrected chi connectivity index (χ0v) is 15.8. The molecule has 1 atom stereocenters. The van der Waals surface area contributed by atoms with Crippen LogP contribution in [0.5, 0.6) is 11.5 Å². The van der Waals surface area contributed by atoms with Crippen LogP contribution in [-0.2, 0) is 14.3 Å². The van der Waals surface area contributed by atoms with E-state index in [4.69, 9.17) is 14.2 Å². The van der Waals surface area contributed by atoms with Gasteiger partial charge >= 0.3 is 12.0 Å². The molecule has 3 aliphatic heterocycles. The van der Waals surface area contributed by atoms with Crippen molar-refractivity contribution in [2.45, 2.75) is 25.3 Å². The highest BCUT2D eigenvalue weighted by atomic mass is 16.7. The average Bonchev–Trinajstić information content (AvgIpc) is 3.18. The molecule has 1 aromatic carbocycles. The summed E-state index contributed by atoms with van der Waals surface area (Å²) in [6.07, 6.45) is 0.947. The number of amides is 4. The van der Waals surface area contributed by atoms with Crippen LogP contribution in [0.1, 0.15) is 29.6 Å². The van der Waals surface area contributed by atoms with Crippen LogP contribution in [0.25, 0.3) is 0 Å². The molecule has 0 saturated carbocycles. The predicted octanol–water partition coefficient (Wildman–Crippen LogP) is 0.267. The largest absolute Gasteiger partial charge is 0.467 e. The van der Waals surface area contributed by atoms with Crippen molar-refractivity contribution in [3.63, 3.8) is 0 Å². The predicted molar refractivity (Wildman–Crippen MR) is 95.3 cm³/mol. The zero-order valence-electron chi connectivity index (χ0n) is 15.8. The quantitative estimate of drug-likeness (QED) is 0.719. The van der Waals surface area contributed by atoms with E-state index in [2.05, 4.69) is 5.43 Å². The minimum atomic E-state index is -0.923. The van der Waals surface area contributed by atoms with Crippen LogP contribution < -0.4 is 14.9 Å². The standard InChI is InChI=1S/C18H20N4O7/c1-27-17(25)12-3-2-7-21-15(23)6-8-20(18(26)22(12)21)19-16(24)11-4-5-13-14(9-11)29-10-28-13/h4-5,9,12H,2-3,6-8,10H2,1H3,(H,19,24). The summed E-state index contributed by atoms with van der Waals surface area (Å²) in [5.74, 6) is -0.499. The van der Waals surface area contributed by atoms with E-state index < -0.39 is 23.9 Å². The van der Waals surface area contributed by atoms with Gasteiger partial charge in [0.05, 0.1) is 13.7 Å². The highest BCUT2D eigenvalue weighted by Gasteiger charge is 2.44. The Morgan fingerprint density at radius 2 is 1.97 bits per heavy atom. The molecule has 2 fully saturated rings. The average molecular weight is 404 g/mol. The number of esters is 1. The van der Waals surface area contributed by atoms with Gasteiger partial charge in [-0.25, -0.2) is 24.6 Å². The van der Waals surface area contributed by atoms with Crippen molar-refractivity contribution in [2.75, 3.05) is 27.0 Å². The monoisotopic (exact) mass is 404 g/mol. The number of fused-ring (bicyclic) bond motifs is 2. The fraction of sp³-hybridized carbons (Fsp3) is 0.444. The van der Waals surface area contributed by atoms with Crippen LogP contribution in [0.15, 0.2) is 18.2 Å². The number of rotatable bonds is 3. The van der Waals surface area contributed by atoms with Crippen molar-refractivity contribution in [1.82, 2.24) is 20.5 Å². The molecular formula is C18H20N4O7. The van der Waals surface area contributed by atoms with Crippen molar-refractivity contribution < 1.29 is 33.4 Å². The van der Waals surface area contributed by atoms with E-state index in [1.54, 1.807) is 12.1 Å². The van der Waals surface area contributed by atoms with Gasteiger partial charge < -0.3 is 14.2 Å². The Hall–Kier alpha value is -3.50. The molecule has 3 heterocycles. The lowest BCUT2D eigenvalue weighted by atomic mass is 10.1. The van der Waals surface area contributed by atoms with Gasteiger partial charge in [-0.3, -0.25) is 15.0 Å². The second-order valence-electron chi connectivity index (χ2n) is 6.74. The molecule has 0 radical (unpaired) electrons. The van der Waals surface area contributed by atoms with E-state index in [1.807, 2.05) is 0 Å². The number of carbonyl (C=O) groups is 4. The summed E-state index contributed by atoms with van der Waals surface area (Å²) < 4.78 is 15.3. The number of hydrogen-bond acceptors (Lipinski definition) is 7. The summed E-state index contributed by atoms with van der Waals surface area (Å²) in [4.78, 5) is 50.4. The number of ether oxygens (including phenoxy) is 3. The maximum absolute atomic E-state index is 13.1. The highest BCUT2D eigenvalue weighted by Crippen LogP contribution is 2.32. The lowest BCUT2D eigenvalue weighted by Gasteiger charge is -2.42. The fourth-order valence-electron chi connectivity index (χ4n) is 3.55. The first-order chi connectivity index (χ1) is 14.0. The second-order valence-corrected chi connectivity index (χ2v) is 6.74. The third-order valence-electron chi connectivity index (χ3n) is 5.01. The number of urea groups is 1. The fourth-order valence-corrected chi connectivity index (χ4v) is 3.55. The molecular weight excluding hydrogens is 384 g/mol. The minimum Gasteiger partial charge on any atom is -0.467 e. The Labute approximate surface area is 166 Å². The number of carbonyl (C=O) groups excluding carboxylic acids is 4. The van der Waals surface area contributed by atoms with E-state index in [0.717, 1.165) is 10.0 Å². The third kappa shape index (κ3) is 3.39. The molecule has 0 aromatic heterocycles. The van der Waals surface area contributed by atoms with Crippen molar-refractivity contribution in [2.24, 2.45) is 0 Å². The van der Waals surface area contributed by atoms with Crippen molar-refractivity contribution in [3.05, 3.63) is 23.8 Å². The summed E-state index contributed by atoms with van der Waals surface area (Å²) >= 11 is 0. The Bertz CT molecular complexity index is 874. The molecule has 3 aliphatic rings. The van der Waals surface area contributed by atoms with Gasteiger partial charge in [0, 0.05) is 18.5 Å². The summed E-state index contributed by atoms with van der Waals surface area (Å²) in [7, 11) is 1.23. The number of benzene rings is 1. The topological polar surface area (TPSA) is 118 Å². The Morgan fingerprint density at radius 3 is 2.76 bits per heavy atom. The maximum atomic E-state index is 13.1. The van der Waals surface area contributed by atoms with Crippen molar-refractivity contribution in [1.29, 1.82) is 0 Å². The van der Waals surface area contributed by atoms with E-state index in [1.165, 1.54) is 18.2 Å². The number of hydrogen-bond donors (Lipinski definition) is 1. The van der Waals surface area contributed by atoms with Gasteiger partial charge in [0.1, 0.15) is 0 Å². The first-order valence-corrected chi connectivity index (χ1v) is 9.19. The highest BCUT2D eigenvalue weighted by molar-refractivity contribution is 5.97. The normalized spacial score (nSPS) is 20.9. The van der Waals surface area contributed by atoms with Gasteiger partial charge in [-0.1, -0.05) is 0 Å². The lowest BCUT2D eigenvalue weighted by Crippen LogP contribution is -2.63. The molecule has 11 nitrogen and oxygen atoms in total. The molecule has 4 rings (SSSR count). The molecule has 0 spiro atoms. The molecule has 29 heavy (non-hydrogen) atoms. The van der Waals surface area contributed by atoms with Crippen molar-refractivity contribution >= 4 is 23.8 Å². The Balaban J connectivity index is 1.55. The zero-order chi connectivity index (χ0) is 20.5. The minimum absolute atomic E-state index is 0.0115. The van der Waals surface area contributed by atoms with Gasteiger partial charge in [-0.05, 0) is 31.0 Å². The number of nitrogens with one attached hydrogen (secondary N) is 1. The van der Waals surface area contributed by atoms with Crippen LogP contribution >= 0.6 is 0 Å². The number of nitrogens with zero attached hydrogens (tertiary/aromatic N) is 3. The molecule has 4 amide bonds. The summed E-state index contributed by atoms with van der Waals surface area (Å²) in [6.45, 7) is 0.379. The molecule has 0 aliphatic carbocycles. The summed E-state index contributed by atoms with van der Waals surface area (Å²) in [6, 6.07) is 3.06. The Morgan fingerprint density at radius 1 is 1.17 bits per heavy atom. The van der Waals surface area contributed by atoms with E-state index in [9.17, 15) is 19.2 Å². The maximum Gasteiger partial charge on any atom is 0.358 e. The van der Waals surface area contributed by atoms with Crippen LogP contribution in [-0.4, -0.2) is 71.9 Å². The van der Waals surface area contributed by atoms with Gasteiger partial charge in [-0.15, -0.1) is 0 Å². The lowest BCUT2D eigenvalue weighted by molar-refractivity contribution is -0.164. The van der Waals surface area contributed by atoms with Crippen LogP contribution in [0.3, 0.4) is 0 Å². The third-order valence-corrected chi connectivity index (χ3v) is 5.01. The Kier molecular flexibility index (Phi) is 4.87. The first kappa shape index (κ1) is 18.8. The van der Waals surface area contributed by atoms with E-state index >= 15 is 0 Å². The molecule has 1 aromatic rings. The molecule has 0 bridgehead atoms. The number of methoxy groups -OCH3 is 1. The molecule has 11 heteroatoms. The van der Waals surface area contributed by atoms with Crippen LogP contribution in [0.2, 0.25) is 0 Å². The summed E-state index contributed by atoms with van der Waals surface area (Å²) in [5.41, 5.74) is 2.78. The molecule has 1 unspecified atom stereocenters. The van der Waals surface area contributed by atoms with E-state index in [0.29, 0.717) is 30.9 Å². The van der Waals surface area contributed by atoms with Crippen LogP contribution in [0.4, 0.5) is 4.79 Å². The SMILES string of the molecule is COC(=O)C1CCCN2C(=O)CCN(NC(=O)c3ccc4c(c3)OCO4)C(=O)N12. The van der Waals surface area contributed by atoms with Crippen LogP contribution in [0, 0.1) is 0 Å². The molecule has 154 valence electrons. The van der Waals surface area contributed by atoms with Gasteiger partial charge in [0.2, 0.25) is 12.7 Å². The molecule has 2 saturated heterocycles. The number of hydrazine groups is 2. The second kappa shape index (κ2) is 7.49. The van der Waals surface area contributed by atoms with E-state index in [-0.39, 0.29) is 31.2 Å². The summed E-state index contributed by atoms with van der Waals surface area (Å²) in [5, 5.41) is 3.40. The smallest absolute Gasteiger partial charge is 0.358 e. The van der Waals surface area contributed by atoms with Crippen molar-refractivity contribution in [3.8, 4) is 11.5 Å². The first-order valence-electron chi connectivity index (χ1n) is 9.19. The van der Waals surface area contributed by atoms with Gasteiger partial charge in [0.25, 0.3) is 5.91 Å².